The van der Waals surface area contributed by atoms with Crippen LogP contribution in [0.1, 0.15) is 22.3 Å². The summed E-state index contributed by atoms with van der Waals surface area (Å²) in [6.07, 6.45) is 0. The lowest BCUT2D eigenvalue weighted by molar-refractivity contribution is 0.794. The Morgan fingerprint density at radius 3 is 1.41 bits per heavy atom. The van der Waals surface area contributed by atoms with Crippen LogP contribution in [0, 0.1) is 0 Å². The molecule has 2 aliphatic rings. The summed E-state index contributed by atoms with van der Waals surface area (Å²) in [5.41, 5.74) is 26.1. The number of fused-ring (bicyclic) bond motifs is 13. The molecule has 0 atom stereocenters. The third-order valence-corrected chi connectivity index (χ3v) is 16.0. The Balaban J connectivity index is 0.998. The molecule has 0 fully saturated rings. The number of hydrogen-bond acceptors (Lipinski definition) is 1. The van der Waals surface area contributed by atoms with Gasteiger partial charge in [0.05, 0.1) is 27.8 Å². The number of hydrogen-bond donors (Lipinski definition) is 0. The maximum Gasteiger partial charge on any atom is 0.0726 e. The van der Waals surface area contributed by atoms with Crippen LogP contribution in [0.3, 0.4) is 0 Å². The van der Waals surface area contributed by atoms with Crippen molar-refractivity contribution in [3.63, 3.8) is 0 Å². The number of aromatic nitrogens is 1. The monoisotopic (exact) mass is 952 g/mol. The van der Waals surface area contributed by atoms with Crippen molar-refractivity contribution in [1.29, 1.82) is 0 Å². The van der Waals surface area contributed by atoms with Crippen molar-refractivity contribution in [2.24, 2.45) is 0 Å². The van der Waals surface area contributed by atoms with Gasteiger partial charge in [0.1, 0.15) is 0 Å². The molecule has 0 saturated heterocycles. The molecule has 0 radical (unpaired) electrons. The molecule has 15 rings (SSSR count). The summed E-state index contributed by atoms with van der Waals surface area (Å²) in [5, 5.41) is 2.49. The van der Waals surface area contributed by atoms with Gasteiger partial charge in [-0.05, 0) is 126 Å². The van der Waals surface area contributed by atoms with Gasteiger partial charge >= 0.3 is 0 Å². The Morgan fingerprint density at radius 1 is 0.267 bits per heavy atom. The van der Waals surface area contributed by atoms with Crippen molar-refractivity contribution >= 4 is 38.9 Å². The normalized spacial score (nSPS) is 12.6. The van der Waals surface area contributed by atoms with E-state index in [1.165, 1.54) is 99.7 Å². The summed E-state index contributed by atoms with van der Waals surface area (Å²) in [5.74, 6) is 0. The molecule has 0 aliphatic heterocycles. The standard InChI is InChI=1S/C73H48N2/c1-4-22-50(23-5-1)55-28-10-11-32-61(55)71-56(51-24-6-2-7-25-51)34-20-40-68(71)75(54-45-42-49(43-46-54)52-44-47-60-59-31-15-19-39-67(59)74(70(60)48-52)53-26-8-3-9-27-53)69-41-21-38-66-72(69)62-33-14-18-37-65(62)73(66)63-35-16-12-29-57(63)58-30-13-17-36-64(58)73/h1-48H. The van der Waals surface area contributed by atoms with Crippen LogP contribution >= 0.6 is 0 Å². The molecule has 12 aromatic carbocycles. The van der Waals surface area contributed by atoms with Gasteiger partial charge in [0.2, 0.25) is 0 Å². The van der Waals surface area contributed by atoms with Gasteiger partial charge in [-0.15, -0.1) is 0 Å². The van der Waals surface area contributed by atoms with Crippen molar-refractivity contribution < 1.29 is 0 Å². The highest BCUT2D eigenvalue weighted by molar-refractivity contribution is 6.11. The second-order valence-corrected chi connectivity index (χ2v) is 19.9. The molecule has 1 heterocycles. The Bertz CT molecular complexity index is 4290. The zero-order valence-electron chi connectivity index (χ0n) is 41.1. The van der Waals surface area contributed by atoms with E-state index < -0.39 is 5.41 Å². The van der Waals surface area contributed by atoms with Crippen LogP contribution in [0.15, 0.2) is 291 Å². The number of anilines is 3. The van der Waals surface area contributed by atoms with Crippen molar-refractivity contribution in [2.75, 3.05) is 4.90 Å². The first-order valence-corrected chi connectivity index (χ1v) is 26.0. The quantitative estimate of drug-likeness (QED) is 0.147. The molecular formula is C73H48N2. The van der Waals surface area contributed by atoms with E-state index >= 15 is 0 Å². The van der Waals surface area contributed by atoms with E-state index in [1.54, 1.807) is 0 Å². The minimum Gasteiger partial charge on any atom is -0.309 e. The zero-order chi connectivity index (χ0) is 49.5. The molecule has 2 aliphatic carbocycles. The molecule has 0 N–H and O–H groups in total. The fourth-order valence-electron chi connectivity index (χ4n) is 13.0. The Hall–Kier alpha value is -9.76. The summed E-state index contributed by atoms with van der Waals surface area (Å²) in [7, 11) is 0. The summed E-state index contributed by atoms with van der Waals surface area (Å²) in [4.78, 5) is 2.56. The van der Waals surface area contributed by atoms with E-state index in [0.717, 1.165) is 33.9 Å². The zero-order valence-corrected chi connectivity index (χ0v) is 41.1. The number of para-hydroxylation sites is 2. The third kappa shape index (κ3) is 6.46. The molecule has 350 valence electrons. The minimum absolute atomic E-state index is 0.500. The van der Waals surface area contributed by atoms with Crippen LogP contribution in [0.5, 0.6) is 0 Å². The van der Waals surface area contributed by atoms with Gasteiger partial charge < -0.3 is 9.47 Å². The van der Waals surface area contributed by atoms with Gasteiger partial charge in [0.25, 0.3) is 0 Å². The van der Waals surface area contributed by atoms with Gasteiger partial charge in [-0.1, -0.05) is 243 Å². The van der Waals surface area contributed by atoms with Crippen LogP contribution in [-0.2, 0) is 5.41 Å². The van der Waals surface area contributed by atoms with Crippen molar-refractivity contribution in [2.45, 2.75) is 5.41 Å². The maximum absolute atomic E-state index is 2.56. The van der Waals surface area contributed by atoms with Gasteiger partial charge in [0.15, 0.2) is 0 Å². The summed E-state index contributed by atoms with van der Waals surface area (Å²) in [6.45, 7) is 0. The minimum atomic E-state index is -0.500. The van der Waals surface area contributed by atoms with Gasteiger partial charge in [-0.2, -0.15) is 0 Å². The van der Waals surface area contributed by atoms with Gasteiger partial charge in [0, 0.05) is 33.3 Å². The van der Waals surface area contributed by atoms with Crippen LogP contribution in [0.4, 0.5) is 17.1 Å². The first-order chi connectivity index (χ1) is 37.3. The first kappa shape index (κ1) is 42.9. The molecule has 0 bridgehead atoms. The highest BCUT2D eigenvalue weighted by Crippen LogP contribution is 2.65. The maximum atomic E-state index is 2.56. The highest BCUT2D eigenvalue weighted by atomic mass is 15.1. The van der Waals surface area contributed by atoms with E-state index in [4.69, 9.17) is 0 Å². The fourth-order valence-corrected chi connectivity index (χ4v) is 13.0. The average Bonchev–Trinajstić information content (AvgIpc) is 4.14. The molecule has 1 aromatic heterocycles. The lowest BCUT2D eigenvalue weighted by Gasteiger charge is -2.33. The van der Waals surface area contributed by atoms with Gasteiger partial charge in [-0.25, -0.2) is 0 Å². The predicted octanol–water partition coefficient (Wildman–Crippen LogP) is 19.3. The molecule has 2 heteroatoms. The number of benzene rings is 12. The van der Waals surface area contributed by atoms with E-state index in [-0.39, 0.29) is 0 Å². The Morgan fingerprint density at radius 2 is 0.733 bits per heavy atom. The fraction of sp³-hybridized carbons (Fsp3) is 0.0137. The summed E-state index contributed by atoms with van der Waals surface area (Å²) in [6, 6.07) is 108. The van der Waals surface area contributed by atoms with E-state index in [2.05, 4.69) is 301 Å². The predicted molar refractivity (Wildman–Crippen MR) is 314 cm³/mol. The molecule has 0 amide bonds. The molecule has 0 saturated carbocycles. The van der Waals surface area contributed by atoms with Crippen LogP contribution in [0.2, 0.25) is 0 Å². The topological polar surface area (TPSA) is 8.17 Å². The number of rotatable bonds is 8. The smallest absolute Gasteiger partial charge is 0.0726 e. The Labute approximate surface area is 437 Å². The Kier molecular flexibility index (Phi) is 9.83. The molecular weight excluding hydrogens is 905 g/mol. The SMILES string of the molecule is c1ccc(-c2ccccc2-c2c(-c3ccccc3)cccc2N(c2ccc(-c3ccc4c5ccccc5n(-c5ccccc5)c4c3)cc2)c2cccc3c2-c2ccccc2C32c3ccccc3-c3ccccc32)cc1. The molecule has 75 heavy (non-hydrogen) atoms. The average molecular weight is 953 g/mol. The lowest BCUT2D eigenvalue weighted by atomic mass is 9.70. The van der Waals surface area contributed by atoms with Crippen LogP contribution in [-0.4, -0.2) is 4.57 Å². The molecule has 2 nitrogen and oxygen atoms in total. The molecule has 1 spiro atoms. The van der Waals surface area contributed by atoms with E-state index in [1.807, 2.05) is 0 Å². The van der Waals surface area contributed by atoms with Crippen molar-refractivity contribution in [3.8, 4) is 72.4 Å². The molecule has 13 aromatic rings. The lowest BCUT2D eigenvalue weighted by Crippen LogP contribution is -2.26. The largest absolute Gasteiger partial charge is 0.309 e. The van der Waals surface area contributed by atoms with Crippen LogP contribution in [0.25, 0.3) is 94.3 Å². The third-order valence-electron chi connectivity index (χ3n) is 16.0. The van der Waals surface area contributed by atoms with E-state index in [0.29, 0.717) is 0 Å². The molecule has 0 unspecified atom stereocenters. The second-order valence-electron chi connectivity index (χ2n) is 19.9. The summed E-state index contributed by atoms with van der Waals surface area (Å²) < 4.78 is 2.40. The highest BCUT2D eigenvalue weighted by Gasteiger charge is 2.52. The summed E-state index contributed by atoms with van der Waals surface area (Å²) >= 11 is 0. The van der Waals surface area contributed by atoms with E-state index in [9.17, 15) is 0 Å². The van der Waals surface area contributed by atoms with Crippen molar-refractivity contribution in [1.82, 2.24) is 4.57 Å². The number of nitrogens with zero attached hydrogens (tertiary/aromatic N) is 2. The van der Waals surface area contributed by atoms with Crippen molar-refractivity contribution in [3.05, 3.63) is 313 Å². The van der Waals surface area contributed by atoms with Gasteiger partial charge in [-0.3, -0.25) is 0 Å². The second kappa shape index (κ2) is 17.2. The first-order valence-electron chi connectivity index (χ1n) is 26.0. The van der Waals surface area contributed by atoms with Crippen LogP contribution < -0.4 is 4.90 Å².